The van der Waals surface area contributed by atoms with E-state index < -0.39 is 6.10 Å². The maximum absolute atomic E-state index is 13.1. The third kappa shape index (κ3) is 4.20. The highest BCUT2D eigenvalue weighted by molar-refractivity contribution is 5.80. The van der Waals surface area contributed by atoms with Crippen molar-refractivity contribution in [1.82, 2.24) is 9.80 Å². The van der Waals surface area contributed by atoms with E-state index in [-0.39, 0.29) is 23.8 Å². The van der Waals surface area contributed by atoms with Gasteiger partial charge in [-0.25, -0.2) is 0 Å². The molecular formula is C22H32N2O5. The van der Waals surface area contributed by atoms with Gasteiger partial charge >= 0.3 is 5.97 Å². The molecule has 3 atom stereocenters. The predicted octanol–water partition coefficient (Wildman–Crippen LogP) is 2.42. The molecular weight excluding hydrogens is 372 g/mol. The van der Waals surface area contributed by atoms with E-state index in [0.29, 0.717) is 31.8 Å². The fourth-order valence-electron chi connectivity index (χ4n) is 4.68. The second kappa shape index (κ2) is 9.03. The number of esters is 1. The summed E-state index contributed by atoms with van der Waals surface area (Å²) in [6, 6.07) is 4.16. The average molecular weight is 405 g/mol. The minimum atomic E-state index is -0.430. The molecule has 0 N–H and O–H groups in total. The summed E-state index contributed by atoms with van der Waals surface area (Å²) in [5, 5.41) is 0. The van der Waals surface area contributed by atoms with Gasteiger partial charge < -0.3 is 19.1 Å². The number of carbonyl (C=O) groups is 2. The highest BCUT2D eigenvalue weighted by Crippen LogP contribution is 2.43. The van der Waals surface area contributed by atoms with Crippen molar-refractivity contribution in [3.05, 3.63) is 23.3 Å². The van der Waals surface area contributed by atoms with Crippen LogP contribution in [0.5, 0.6) is 11.5 Å². The number of benzene rings is 1. The first-order valence-electron chi connectivity index (χ1n) is 10.4. The van der Waals surface area contributed by atoms with Gasteiger partial charge in [-0.2, -0.15) is 0 Å². The Kier molecular flexibility index (Phi) is 6.67. The normalized spacial score (nSPS) is 23.6. The highest BCUT2D eigenvalue weighted by Gasteiger charge is 2.44. The summed E-state index contributed by atoms with van der Waals surface area (Å²) in [6.45, 7) is 8.13. The lowest BCUT2D eigenvalue weighted by Gasteiger charge is -2.46. The van der Waals surface area contributed by atoms with Gasteiger partial charge in [0.05, 0.1) is 20.1 Å². The van der Waals surface area contributed by atoms with E-state index in [0.717, 1.165) is 18.7 Å². The first kappa shape index (κ1) is 21.4. The van der Waals surface area contributed by atoms with E-state index in [1.807, 2.05) is 30.9 Å². The molecule has 1 saturated heterocycles. The van der Waals surface area contributed by atoms with Crippen LogP contribution >= 0.6 is 0 Å². The smallest absolute Gasteiger partial charge is 0.302 e. The maximum atomic E-state index is 13.1. The Labute approximate surface area is 172 Å². The van der Waals surface area contributed by atoms with Gasteiger partial charge in [0, 0.05) is 45.6 Å². The van der Waals surface area contributed by atoms with E-state index in [9.17, 15) is 9.59 Å². The van der Waals surface area contributed by atoms with Gasteiger partial charge in [0.1, 0.15) is 6.10 Å². The van der Waals surface area contributed by atoms with Crippen LogP contribution in [0.15, 0.2) is 12.1 Å². The van der Waals surface area contributed by atoms with Crippen molar-refractivity contribution in [3.63, 3.8) is 0 Å². The fourth-order valence-corrected chi connectivity index (χ4v) is 4.68. The minimum absolute atomic E-state index is 0.0674. The average Bonchev–Trinajstić information content (AvgIpc) is 2.72. The molecule has 1 fully saturated rings. The number of rotatable bonds is 6. The molecule has 0 bridgehead atoms. The Morgan fingerprint density at radius 2 is 1.79 bits per heavy atom. The number of fused-ring (bicyclic) bond motifs is 3. The maximum Gasteiger partial charge on any atom is 0.302 e. The Balaban J connectivity index is 1.93. The molecule has 1 aromatic carbocycles. The van der Waals surface area contributed by atoms with E-state index in [2.05, 4.69) is 4.90 Å². The standard InChI is InChI=1S/C22H32N2O5/c1-6-23(7-2)22(26)17-13-24-9-8-15-10-20(27-4)21(28-5)11-16(15)18(24)12-19(17)29-14(3)25/h10-11,17-19H,6-9,12-13H2,1-5H3/t17-,18-,19+/m1/s1. The van der Waals surface area contributed by atoms with E-state index >= 15 is 0 Å². The predicted molar refractivity (Wildman–Crippen MR) is 109 cm³/mol. The van der Waals surface area contributed by atoms with Crippen LogP contribution in [0.4, 0.5) is 0 Å². The zero-order chi connectivity index (χ0) is 21.1. The van der Waals surface area contributed by atoms with E-state index in [1.54, 1.807) is 14.2 Å². The molecule has 7 nitrogen and oxygen atoms in total. The molecule has 2 aliphatic heterocycles. The number of carbonyl (C=O) groups excluding carboxylic acids is 2. The monoisotopic (exact) mass is 404 g/mol. The van der Waals surface area contributed by atoms with Crippen LogP contribution in [0.2, 0.25) is 0 Å². The van der Waals surface area contributed by atoms with Crippen molar-refractivity contribution < 1.29 is 23.8 Å². The molecule has 29 heavy (non-hydrogen) atoms. The molecule has 160 valence electrons. The number of hydrogen-bond acceptors (Lipinski definition) is 6. The number of hydrogen-bond donors (Lipinski definition) is 0. The highest BCUT2D eigenvalue weighted by atomic mass is 16.5. The number of methoxy groups -OCH3 is 2. The fraction of sp³-hybridized carbons (Fsp3) is 0.636. The zero-order valence-electron chi connectivity index (χ0n) is 18.1. The Hall–Kier alpha value is -2.28. The van der Waals surface area contributed by atoms with E-state index in [4.69, 9.17) is 14.2 Å². The number of piperidine rings is 1. The quantitative estimate of drug-likeness (QED) is 0.679. The van der Waals surface area contributed by atoms with Crippen LogP contribution in [-0.4, -0.2) is 68.2 Å². The second-order valence-electron chi connectivity index (χ2n) is 7.67. The Bertz CT molecular complexity index is 762. The number of ether oxygens (including phenoxy) is 3. The molecule has 0 aromatic heterocycles. The number of nitrogens with zero attached hydrogens (tertiary/aromatic N) is 2. The summed E-state index contributed by atoms with van der Waals surface area (Å²) >= 11 is 0. The van der Waals surface area contributed by atoms with Crippen LogP contribution in [0.1, 0.15) is 44.4 Å². The van der Waals surface area contributed by atoms with E-state index in [1.165, 1.54) is 18.1 Å². The minimum Gasteiger partial charge on any atom is -0.493 e. The lowest BCUT2D eigenvalue weighted by molar-refractivity contribution is -0.161. The Morgan fingerprint density at radius 1 is 1.14 bits per heavy atom. The topological polar surface area (TPSA) is 68.3 Å². The van der Waals surface area contributed by atoms with Crippen molar-refractivity contribution in [1.29, 1.82) is 0 Å². The SMILES string of the molecule is CCN(CC)C(=O)[C@@H]1CN2CCc3cc(OC)c(OC)cc3[C@H]2C[C@@H]1OC(C)=O. The molecule has 0 aliphatic carbocycles. The molecule has 0 saturated carbocycles. The van der Waals surface area contributed by atoms with Crippen LogP contribution < -0.4 is 9.47 Å². The lowest BCUT2D eigenvalue weighted by atomic mass is 9.81. The molecule has 0 spiro atoms. The molecule has 1 aromatic rings. The van der Waals surface area contributed by atoms with Crippen molar-refractivity contribution in [2.75, 3.05) is 40.4 Å². The van der Waals surface area contributed by atoms with Gasteiger partial charge in [-0.15, -0.1) is 0 Å². The van der Waals surface area contributed by atoms with Gasteiger partial charge in [-0.1, -0.05) is 0 Å². The van der Waals surface area contributed by atoms with Crippen molar-refractivity contribution in [2.45, 2.75) is 45.8 Å². The summed E-state index contributed by atoms with van der Waals surface area (Å²) in [6.07, 6.45) is 1.05. The first-order valence-corrected chi connectivity index (χ1v) is 10.4. The van der Waals surface area contributed by atoms with Crippen LogP contribution in [-0.2, 0) is 20.7 Å². The second-order valence-corrected chi connectivity index (χ2v) is 7.67. The van der Waals surface area contributed by atoms with Gasteiger partial charge in [-0.05, 0) is 43.5 Å². The lowest BCUT2D eigenvalue weighted by Crippen LogP contribution is -2.54. The molecule has 0 unspecified atom stereocenters. The summed E-state index contributed by atoms with van der Waals surface area (Å²) in [5.41, 5.74) is 2.39. The molecule has 0 radical (unpaired) electrons. The van der Waals surface area contributed by atoms with Crippen molar-refractivity contribution >= 4 is 11.9 Å². The van der Waals surface area contributed by atoms with Gasteiger partial charge in [0.25, 0.3) is 0 Å². The Morgan fingerprint density at radius 3 is 2.38 bits per heavy atom. The molecule has 1 amide bonds. The summed E-state index contributed by atoms with van der Waals surface area (Å²) in [5.74, 6) is 0.804. The zero-order valence-corrected chi connectivity index (χ0v) is 18.1. The van der Waals surface area contributed by atoms with Crippen molar-refractivity contribution in [2.24, 2.45) is 5.92 Å². The summed E-state index contributed by atoms with van der Waals surface area (Å²) in [4.78, 5) is 29.1. The van der Waals surface area contributed by atoms with Gasteiger partial charge in [-0.3, -0.25) is 14.5 Å². The van der Waals surface area contributed by atoms with Gasteiger partial charge in [0.2, 0.25) is 5.91 Å². The summed E-state index contributed by atoms with van der Waals surface area (Å²) in [7, 11) is 3.27. The van der Waals surface area contributed by atoms with Crippen molar-refractivity contribution in [3.8, 4) is 11.5 Å². The van der Waals surface area contributed by atoms with Crippen LogP contribution in [0, 0.1) is 5.92 Å². The molecule has 2 aliphatic rings. The molecule has 3 rings (SSSR count). The largest absolute Gasteiger partial charge is 0.493 e. The number of amides is 1. The van der Waals surface area contributed by atoms with Crippen LogP contribution in [0.25, 0.3) is 0 Å². The summed E-state index contributed by atoms with van der Waals surface area (Å²) < 4.78 is 16.6. The van der Waals surface area contributed by atoms with Gasteiger partial charge in [0.15, 0.2) is 11.5 Å². The van der Waals surface area contributed by atoms with Crippen LogP contribution in [0.3, 0.4) is 0 Å². The third-order valence-electron chi connectivity index (χ3n) is 6.16. The molecule has 2 heterocycles. The third-order valence-corrected chi connectivity index (χ3v) is 6.16. The first-order chi connectivity index (χ1) is 13.9. The molecule has 7 heteroatoms.